The van der Waals surface area contributed by atoms with Gasteiger partial charge in [-0.25, -0.2) is 0 Å². The molecule has 7 heteroatoms. The van der Waals surface area contributed by atoms with Crippen molar-refractivity contribution >= 4 is 22.5 Å². The molecule has 1 aliphatic rings. The van der Waals surface area contributed by atoms with E-state index in [2.05, 4.69) is 36.4 Å². The monoisotopic (exact) mass is 440 g/mol. The van der Waals surface area contributed by atoms with Crippen molar-refractivity contribution in [3.63, 3.8) is 0 Å². The molecule has 0 unspecified atom stereocenters. The third kappa shape index (κ3) is 4.93. The molecule has 0 saturated carbocycles. The fourth-order valence-electron chi connectivity index (χ4n) is 4.38. The number of nitrogens with zero attached hydrogens (tertiary/aromatic N) is 4. The molecule has 0 aliphatic carbocycles. The van der Waals surface area contributed by atoms with E-state index in [1.807, 2.05) is 49.6 Å². The molecule has 0 radical (unpaired) electrons. The van der Waals surface area contributed by atoms with Crippen LogP contribution in [0.25, 0.3) is 22.0 Å². The molecule has 1 fully saturated rings. The lowest BCUT2D eigenvalue weighted by molar-refractivity contribution is 0.102. The number of hydrogen-bond acceptors (Lipinski definition) is 5. The first-order chi connectivity index (χ1) is 16.2. The van der Waals surface area contributed by atoms with E-state index in [4.69, 9.17) is 0 Å². The van der Waals surface area contributed by atoms with Crippen molar-refractivity contribution in [3.05, 3.63) is 71.9 Å². The molecule has 0 spiro atoms. The molecule has 1 amide bonds. The molecule has 5 rings (SSSR count). The number of carbonyl (C=O) groups excluding carboxylic acids is 1. The van der Waals surface area contributed by atoms with E-state index in [1.165, 1.54) is 31.2 Å². The number of aromatic nitrogens is 4. The minimum atomic E-state index is -0.267. The number of carbonyl (C=O) groups is 1. The molecular formula is C26H28N6O. The van der Waals surface area contributed by atoms with Crippen molar-refractivity contribution in [2.24, 2.45) is 0 Å². The van der Waals surface area contributed by atoms with E-state index < -0.39 is 0 Å². The fourth-order valence-corrected chi connectivity index (χ4v) is 4.38. The van der Waals surface area contributed by atoms with Gasteiger partial charge < -0.3 is 5.32 Å². The van der Waals surface area contributed by atoms with Crippen molar-refractivity contribution in [3.8, 4) is 11.1 Å². The number of pyridine rings is 2. The van der Waals surface area contributed by atoms with Crippen molar-refractivity contribution in [1.82, 2.24) is 25.1 Å². The number of anilines is 1. The molecule has 4 aromatic rings. The zero-order valence-electron chi connectivity index (χ0n) is 18.8. The van der Waals surface area contributed by atoms with E-state index in [0.29, 0.717) is 11.4 Å². The highest BCUT2D eigenvalue weighted by Gasteiger charge is 2.16. The van der Waals surface area contributed by atoms with E-state index in [1.54, 1.807) is 6.20 Å². The van der Waals surface area contributed by atoms with Gasteiger partial charge in [0.1, 0.15) is 0 Å². The van der Waals surface area contributed by atoms with Gasteiger partial charge in [-0.1, -0.05) is 18.9 Å². The zero-order valence-corrected chi connectivity index (χ0v) is 18.8. The minimum Gasteiger partial charge on any atom is -0.319 e. The zero-order chi connectivity index (χ0) is 22.6. The van der Waals surface area contributed by atoms with Crippen LogP contribution in [0.3, 0.4) is 0 Å². The summed E-state index contributed by atoms with van der Waals surface area (Å²) < 4.78 is 0. The van der Waals surface area contributed by atoms with Crippen LogP contribution >= 0.6 is 0 Å². The van der Waals surface area contributed by atoms with Gasteiger partial charge in [0.2, 0.25) is 0 Å². The summed E-state index contributed by atoms with van der Waals surface area (Å²) in [4.78, 5) is 24.1. The van der Waals surface area contributed by atoms with Gasteiger partial charge in [-0.15, -0.1) is 0 Å². The average molecular weight is 441 g/mol. The van der Waals surface area contributed by atoms with Crippen LogP contribution in [0.1, 0.15) is 47.4 Å². The number of hydrogen-bond donors (Lipinski definition) is 2. The van der Waals surface area contributed by atoms with Crippen LogP contribution < -0.4 is 5.32 Å². The van der Waals surface area contributed by atoms with Crippen molar-refractivity contribution in [2.75, 3.05) is 18.4 Å². The molecule has 168 valence electrons. The highest BCUT2D eigenvalue weighted by atomic mass is 16.1. The highest BCUT2D eigenvalue weighted by Crippen LogP contribution is 2.26. The quantitative estimate of drug-likeness (QED) is 0.458. The summed E-state index contributed by atoms with van der Waals surface area (Å²) in [7, 11) is 0. The molecule has 1 aromatic carbocycles. The Kier molecular flexibility index (Phi) is 6.13. The Bertz CT molecular complexity index is 1260. The van der Waals surface area contributed by atoms with Crippen LogP contribution in [-0.2, 0) is 6.54 Å². The number of nitrogens with one attached hydrogen (secondary N) is 2. The third-order valence-electron chi connectivity index (χ3n) is 6.18. The Labute approximate surface area is 193 Å². The molecule has 1 aliphatic heterocycles. The predicted molar refractivity (Wildman–Crippen MR) is 130 cm³/mol. The van der Waals surface area contributed by atoms with Crippen LogP contribution in [0.5, 0.6) is 0 Å². The van der Waals surface area contributed by atoms with Gasteiger partial charge in [0, 0.05) is 35.6 Å². The maximum Gasteiger partial charge on any atom is 0.276 e. The third-order valence-corrected chi connectivity index (χ3v) is 6.18. The van der Waals surface area contributed by atoms with Crippen LogP contribution in [0.2, 0.25) is 0 Å². The summed E-state index contributed by atoms with van der Waals surface area (Å²) in [6, 6.07) is 11.9. The Morgan fingerprint density at radius 2 is 1.85 bits per heavy atom. The fraction of sp³-hybridized carbons (Fsp3) is 0.308. The van der Waals surface area contributed by atoms with Crippen molar-refractivity contribution < 1.29 is 4.79 Å². The smallest absolute Gasteiger partial charge is 0.276 e. The first-order valence-electron chi connectivity index (χ1n) is 11.5. The van der Waals surface area contributed by atoms with Crippen LogP contribution in [0, 0.1) is 6.92 Å². The Balaban J connectivity index is 1.39. The molecule has 3 aromatic heterocycles. The van der Waals surface area contributed by atoms with Gasteiger partial charge in [-0.3, -0.25) is 24.8 Å². The number of fused-ring (bicyclic) bond motifs is 1. The second-order valence-corrected chi connectivity index (χ2v) is 8.75. The van der Waals surface area contributed by atoms with Gasteiger partial charge in [-0.05, 0) is 74.3 Å². The summed E-state index contributed by atoms with van der Waals surface area (Å²) in [6.07, 6.45) is 10.7. The lowest BCUT2D eigenvalue weighted by Crippen LogP contribution is -2.24. The molecule has 4 heterocycles. The maximum atomic E-state index is 12.9. The normalized spacial score (nSPS) is 14.8. The molecule has 33 heavy (non-hydrogen) atoms. The highest BCUT2D eigenvalue weighted by molar-refractivity contribution is 6.11. The molecule has 0 atom stereocenters. The molecule has 7 nitrogen and oxygen atoms in total. The maximum absolute atomic E-state index is 12.9. The van der Waals surface area contributed by atoms with Crippen LogP contribution in [-0.4, -0.2) is 44.1 Å². The van der Waals surface area contributed by atoms with Gasteiger partial charge in [0.05, 0.1) is 17.4 Å². The number of amides is 1. The lowest BCUT2D eigenvalue weighted by atomic mass is 10.0. The van der Waals surface area contributed by atoms with Crippen LogP contribution in [0.4, 0.5) is 5.69 Å². The Hall–Kier alpha value is -3.58. The second-order valence-electron chi connectivity index (χ2n) is 8.75. The van der Waals surface area contributed by atoms with Gasteiger partial charge >= 0.3 is 0 Å². The lowest BCUT2D eigenvalue weighted by Gasteiger charge is -2.19. The SMILES string of the molecule is Cc1ccc(NC(=O)c2n[nH]c3ccc(-c4cncc(CN5CCCCCC5)c4)cc23)cn1. The van der Waals surface area contributed by atoms with E-state index in [0.717, 1.165) is 47.4 Å². The number of H-pyrrole nitrogens is 1. The second kappa shape index (κ2) is 9.50. The molecule has 2 N–H and O–H groups in total. The predicted octanol–water partition coefficient (Wildman–Crippen LogP) is 4.96. The van der Waals surface area contributed by atoms with Gasteiger partial charge in [0.15, 0.2) is 5.69 Å². The first kappa shape index (κ1) is 21.3. The standard InChI is InChI=1S/C26H28N6O/c1-18-6-8-22(16-28-18)29-26(33)25-23-13-20(7-9-24(23)30-31-25)21-12-19(14-27-15-21)17-32-10-4-2-3-5-11-32/h6-9,12-16H,2-5,10-11,17H2,1H3,(H,29,33)(H,30,31). The molecule has 0 bridgehead atoms. The number of likely N-dealkylation sites (tertiary alicyclic amines) is 1. The Morgan fingerprint density at radius 1 is 1.00 bits per heavy atom. The number of aromatic amines is 1. The average Bonchev–Trinajstić information content (AvgIpc) is 3.09. The summed E-state index contributed by atoms with van der Waals surface area (Å²) in [5.74, 6) is -0.267. The van der Waals surface area contributed by atoms with Crippen LogP contribution in [0.15, 0.2) is 55.0 Å². The van der Waals surface area contributed by atoms with Gasteiger partial charge in [-0.2, -0.15) is 5.10 Å². The molecular weight excluding hydrogens is 412 g/mol. The first-order valence-corrected chi connectivity index (χ1v) is 11.5. The van der Waals surface area contributed by atoms with Crippen molar-refractivity contribution in [1.29, 1.82) is 0 Å². The number of rotatable bonds is 5. The largest absolute Gasteiger partial charge is 0.319 e. The summed E-state index contributed by atoms with van der Waals surface area (Å²) in [5, 5.41) is 10.9. The van der Waals surface area contributed by atoms with Crippen molar-refractivity contribution in [2.45, 2.75) is 39.2 Å². The van der Waals surface area contributed by atoms with E-state index in [9.17, 15) is 4.79 Å². The van der Waals surface area contributed by atoms with E-state index >= 15 is 0 Å². The summed E-state index contributed by atoms with van der Waals surface area (Å²) >= 11 is 0. The summed E-state index contributed by atoms with van der Waals surface area (Å²) in [6.45, 7) is 5.14. The molecule has 1 saturated heterocycles. The number of benzene rings is 1. The minimum absolute atomic E-state index is 0.267. The van der Waals surface area contributed by atoms with E-state index in [-0.39, 0.29) is 5.91 Å². The number of aryl methyl sites for hydroxylation is 1. The van der Waals surface area contributed by atoms with Gasteiger partial charge in [0.25, 0.3) is 5.91 Å². The summed E-state index contributed by atoms with van der Waals surface area (Å²) in [5.41, 5.74) is 5.99. The topological polar surface area (TPSA) is 86.8 Å². The Morgan fingerprint density at radius 3 is 2.64 bits per heavy atom.